The van der Waals surface area contributed by atoms with Crippen LogP contribution in [-0.2, 0) is 9.59 Å². The van der Waals surface area contributed by atoms with Crippen LogP contribution in [0.15, 0.2) is 41.5 Å². The fraction of sp³-hybridized carbons (Fsp3) is 0.222. The van der Waals surface area contributed by atoms with Gasteiger partial charge in [0.1, 0.15) is 0 Å². The van der Waals surface area contributed by atoms with E-state index in [4.69, 9.17) is 11.6 Å². The first-order valence-corrected chi connectivity index (χ1v) is 7.72. The van der Waals surface area contributed by atoms with E-state index in [0.29, 0.717) is 11.1 Å². The summed E-state index contributed by atoms with van der Waals surface area (Å²) in [5.41, 5.74) is 1.01. The summed E-state index contributed by atoms with van der Waals surface area (Å²) >= 11 is 5.50. The zero-order chi connectivity index (χ0) is 20.0. The summed E-state index contributed by atoms with van der Waals surface area (Å²) in [6.45, 7) is 6.84. The lowest BCUT2D eigenvalue weighted by Crippen LogP contribution is -2.13. The molecule has 0 aliphatic carbocycles. The summed E-state index contributed by atoms with van der Waals surface area (Å²) in [7, 11) is 0. The molecule has 0 bridgehead atoms. The van der Waals surface area contributed by atoms with Gasteiger partial charge < -0.3 is 4.74 Å². The van der Waals surface area contributed by atoms with E-state index < -0.39 is 46.7 Å². The molecule has 0 N–H and O–H groups in total. The van der Waals surface area contributed by atoms with Gasteiger partial charge in [-0.2, -0.15) is 8.78 Å². The third-order valence-electron chi connectivity index (χ3n) is 3.18. The number of carbonyl (C=O) groups excluding carboxylic acids is 2. The largest absolute Gasteiger partial charge is 0.420 e. The van der Waals surface area contributed by atoms with Crippen LogP contribution in [0.5, 0.6) is 5.75 Å². The number of ether oxygens (including phenoxy) is 1. The van der Waals surface area contributed by atoms with Gasteiger partial charge in [-0.05, 0) is 43.5 Å². The van der Waals surface area contributed by atoms with Gasteiger partial charge in [-0.25, -0.2) is 8.78 Å². The number of hydrogen-bond acceptors (Lipinski definition) is 3. The SMILES string of the molecule is C=C(C)/C=C(C(=O)Cl)\C(=C/C)CCC(=O)Oc1c(F)c(F)cc(F)c1F. The summed E-state index contributed by atoms with van der Waals surface area (Å²) in [5, 5.41) is -0.779. The second-order valence-electron chi connectivity index (χ2n) is 5.26. The maximum absolute atomic E-state index is 13.5. The van der Waals surface area contributed by atoms with Crippen molar-refractivity contribution in [2.45, 2.75) is 26.7 Å². The molecule has 0 aliphatic heterocycles. The minimum atomic E-state index is -1.82. The number of halogens is 5. The molecule has 0 aliphatic rings. The van der Waals surface area contributed by atoms with Gasteiger partial charge in [0, 0.05) is 18.1 Å². The normalized spacial score (nSPS) is 12.1. The molecular formula is C18H15ClF4O3. The highest BCUT2D eigenvalue weighted by atomic mass is 35.5. The average molecular weight is 391 g/mol. The molecule has 1 aromatic rings. The highest BCUT2D eigenvalue weighted by Gasteiger charge is 2.23. The molecule has 0 saturated heterocycles. The van der Waals surface area contributed by atoms with E-state index in [1.54, 1.807) is 13.8 Å². The summed E-state index contributed by atoms with van der Waals surface area (Å²) in [6.07, 6.45) is 2.45. The van der Waals surface area contributed by atoms with Crippen LogP contribution in [0.3, 0.4) is 0 Å². The lowest BCUT2D eigenvalue weighted by atomic mass is 10.00. The molecule has 0 aromatic heterocycles. The number of esters is 1. The zero-order valence-corrected chi connectivity index (χ0v) is 14.7. The number of rotatable bonds is 7. The van der Waals surface area contributed by atoms with Crippen molar-refractivity contribution in [3.63, 3.8) is 0 Å². The van der Waals surface area contributed by atoms with Crippen molar-refractivity contribution < 1.29 is 31.9 Å². The predicted octanol–water partition coefficient (Wildman–Crippen LogP) is 5.14. The Balaban J connectivity index is 2.93. The van der Waals surface area contributed by atoms with Gasteiger partial charge in [0.15, 0.2) is 11.6 Å². The first-order chi connectivity index (χ1) is 12.1. The van der Waals surface area contributed by atoms with Crippen molar-refractivity contribution in [1.82, 2.24) is 0 Å². The van der Waals surface area contributed by atoms with E-state index in [-0.39, 0.29) is 18.1 Å². The first kappa shape index (κ1) is 21.6. The van der Waals surface area contributed by atoms with Gasteiger partial charge in [-0.1, -0.05) is 18.2 Å². The van der Waals surface area contributed by atoms with Crippen LogP contribution in [0.25, 0.3) is 0 Å². The van der Waals surface area contributed by atoms with Gasteiger partial charge in [0.25, 0.3) is 5.24 Å². The fourth-order valence-corrected chi connectivity index (χ4v) is 2.17. The fourth-order valence-electron chi connectivity index (χ4n) is 2.00. The van der Waals surface area contributed by atoms with Gasteiger partial charge in [0.2, 0.25) is 17.4 Å². The van der Waals surface area contributed by atoms with E-state index in [0.717, 1.165) is 0 Å². The van der Waals surface area contributed by atoms with Crippen molar-refractivity contribution in [3.05, 3.63) is 64.8 Å². The third-order valence-corrected chi connectivity index (χ3v) is 3.39. The molecule has 0 saturated carbocycles. The molecule has 0 heterocycles. The number of benzene rings is 1. The Hall–Kier alpha value is -2.41. The van der Waals surface area contributed by atoms with Gasteiger partial charge in [-0.15, -0.1) is 0 Å². The molecule has 0 fully saturated rings. The number of allylic oxidation sites excluding steroid dienone is 5. The Morgan fingerprint density at radius 2 is 1.69 bits per heavy atom. The van der Waals surface area contributed by atoms with Crippen LogP contribution in [0.4, 0.5) is 17.6 Å². The quantitative estimate of drug-likeness (QED) is 0.123. The van der Waals surface area contributed by atoms with E-state index in [1.807, 2.05) is 0 Å². The summed E-state index contributed by atoms with van der Waals surface area (Å²) < 4.78 is 57.6. The zero-order valence-electron chi connectivity index (χ0n) is 14.0. The van der Waals surface area contributed by atoms with E-state index in [1.165, 1.54) is 12.2 Å². The van der Waals surface area contributed by atoms with Crippen LogP contribution in [-0.4, -0.2) is 11.2 Å². The van der Waals surface area contributed by atoms with Gasteiger partial charge >= 0.3 is 5.97 Å². The highest BCUT2D eigenvalue weighted by Crippen LogP contribution is 2.27. The molecule has 0 amide bonds. The minimum Gasteiger partial charge on any atom is -0.420 e. The summed E-state index contributed by atoms with van der Waals surface area (Å²) in [5.74, 6) is -9.63. The second-order valence-corrected chi connectivity index (χ2v) is 5.61. The highest BCUT2D eigenvalue weighted by molar-refractivity contribution is 6.68. The first-order valence-electron chi connectivity index (χ1n) is 7.34. The molecule has 0 unspecified atom stereocenters. The van der Waals surface area contributed by atoms with Crippen molar-refractivity contribution in [2.24, 2.45) is 0 Å². The molecule has 1 aromatic carbocycles. The standard InChI is InChI=1S/C18H15ClF4O3/c1-4-10(11(18(19)25)7-9(2)3)5-6-14(24)26-17-15(22)12(20)8-13(21)16(17)23/h4,7-8H,2,5-6H2,1,3H3/b10-4-,11-7+. The van der Waals surface area contributed by atoms with Crippen LogP contribution >= 0.6 is 11.6 Å². The molecule has 26 heavy (non-hydrogen) atoms. The Bertz CT molecular complexity index is 787. The van der Waals surface area contributed by atoms with Gasteiger partial charge in [0.05, 0.1) is 0 Å². The van der Waals surface area contributed by atoms with Crippen LogP contribution in [0.1, 0.15) is 26.7 Å². The molecular weight excluding hydrogens is 376 g/mol. The molecule has 140 valence electrons. The summed E-state index contributed by atoms with van der Waals surface area (Å²) in [6, 6.07) is 0.000694. The molecule has 3 nitrogen and oxygen atoms in total. The van der Waals surface area contributed by atoms with Crippen molar-refractivity contribution in [2.75, 3.05) is 0 Å². The summed E-state index contributed by atoms with van der Waals surface area (Å²) in [4.78, 5) is 23.3. The maximum Gasteiger partial charge on any atom is 0.311 e. The van der Waals surface area contributed by atoms with Crippen LogP contribution in [0.2, 0.25) is 0 Å². The predicted molar refractivity (Wildman–Crippen MR) is 88.7 cm³/mol. The van der Waals surface area contributed by atoms with Crippen LogP contribution < -0.4 is 4.74 Å². The Labute approximate surface area is 152 Å². The molecule has 1 rings (SSSR count). The van der Waals surface area contributed by atoms with E-state index >= 15 is 0 Å². The van der Waals surface area contributed by atoms with Crippen molar-refractivity contribution in [3.8, 4) is 5.75 Å². The molecule has 0 spiro atoms. The number of carbonyl (C=O) groups is 2. The lowest BCUT2D eigenvalue weighted by Gasteiger charge is -2.10. The molecule has 0 atom stereocenters. The smallest absolute Gasteiger partial charge is 0.311 e. The Kier molecular flexibility index (Phi) is 7.76. The minimum absolute atomic E-state index is 0.000694. The second kappa shape index (κ2) is 9.33. The van der Waals surface area contributed by atoms with Crippen molar-refractivity contribution >= 4 is 22.8 Å². The monoisotopic (exact) mass is 390 g/mol. The number of hydrogen-bond donors (Lipinski definition) is 0. The van der Waals surface area contributed by atoms with E-state index in [9.17, 15) is 27.2 Å². The molecule has 0 radical (unpaired) electrons. The third kappa shape index (κ3) is 5.56. The van der Waals surface area contributed by atoms with Crippen molar-refractivity contribution in [1.29, 1.82) is 0 Å². The average Bonchev–Trinajstić information content (AvgIpc) is 2.55. The van der Waals surface area contributed by atoms with Crippen LogP contribution in [0, 0.1) is 23.3 Å². The van der Waals surface area contributed by atoms with E-state index in [2.05, 4.69) is 11.3 Å². The lowest BCUT2D eigenvalue weighted by molar-refractivity contribution is -0.134. The maximum atomic E-state index is 13.5. The topological polar surface area (TPSA) is 43.4 Å². The van der Waals surface area contributed by atoms with Gasteiger partial charge in [-0.3, -0.25) is 9.59 Å². The molecule has 8 heteroatoms. The Morgan fingerprint density at radius 1 is 1.15 bits per heavy atom. The Morgan fingerprint density at radius 3 is 2.12 bits per heavy atom.